The molecule has 1 amide bonds. The van der Waals surface area contributed by atoms with Gasteiger partial charge in [0.25, 0.3) is 5.91 Å². The molecular weight excluding hydrogens is 347 g/mol. The molecule has 0 aliphatic heterocycles. The third-order valence-corrected chi connectivity index (χ3v) is 3.29. The highest BCUT2D eigenvalue weighted by Gasteiger charge is 2.03. The summed E-state index contributed by atoms with van der Waals surface area (Å²) in [6.45, 7) is 0. The second-order valence-corrected chi connectivity index (χ2v) is 5.17. The van der Waals surface area contributed by atoms with Gasteiger partial charge in [0.15, 0.2) is 0 Å². The van der Waals surface area contributed by atoms with Crippen LogP contribution in [0.15, 0.2) is 52.0 Å². The summed E-state index contributed by atoms with van der Waals surface area (Å²) in [6, 6.07) is 10.9. The van der Waals surface area contributed by atoms with Gasteiger partial charge >= 0.3 is 0 Å². The molecule has 0 spiro atoms. The Bertz CT molecular complexity index is 659. The smallest absolute Gasteiger partial charge is 0.267 e. The van der Waals surface area contributed by atoms with Crippen molar-refractivity contribution in [2.75, 3.05) is 0 Å². The van der Waals surface area contributed by atoms with Crippen LogP contribution in [0.25, 0.3) is 0 Å². The van der Waals surface area contributed by atoms with Gasteiger partial charge in [-0.1, -0.05) is 17.7 Å². The molecule has 0 aliphatic carbocycles. The minimum atomic E-state index is -0.354. The molecule has 2 rings (SSSR count). The van der Waals surface area contributed by atoms with E-state index in [0.717, 1.165) is 0 Å². The lowest BCUT2D eigenvalue weighted by atomic mass is 10.2. The monoisotopic (exact) mass is 354 g/mol. The number of halogens is 3. The van der Waals surface area contributed by atoms with E-state index in [1.165, 1.54) is 12.3 Å². The minimum Gasteiger partial charge on any atom is -0.267 e. The number of rotatable bonds is 3. The highest BCUT2D eigenvalue weighted by atomic mass is 79.9. The molecule has 0 heterocycles. The lowest BCUT2D eigenvalue weighted by molar-refractivity contribution is 0.0955. The summed E-state index contributed by atoms with van der Waals surface area (Å²) in [5.41, 5.74) is 3.49. The number of hydrazone groups is 1. The first-order chi connectivity index (χ1) is 9.56. The van der Waals surface area contributed by atoms with Gasteiger partial charge in [-0.25, -0.2) is 9.82 Å². The Kier molecular flexibility index (Phi) is 4.87. The molecule has 20 heavy (non-hydrogen) atoms. The number of benzene rings is 2. The number of carbonyl (C=O) groups is 1. The zero-order valence-electron chi connectivity index (χ0n) is 10.1. The van der Waals surface area contributed by atoms with Crippen molar-refractivity contribution >= 4 is 39.7 Å². The molecule has 0 radical (unpaired) electrons. The maximum absolute atomic E-state index is 13.0. The SMILES string of the molecule is O=C(N/N=C/c1ccc(F)c(Br)c1)c1ccc(Cl)cc1. The van der Waals surface area contributed by atoms with Crippen molar-refractivity contribution in [3.05, 3.63) is 68.9 Å². The topological polar surface area (TPSA) is 41.5 Å². The number of hydrogen-bond acceptors (Lipinski definition) is 2. The normalized spacial score (nSPS) is 10.8. The number of hydrogen-bond donors (Lipinski definition) is 1. The van der Waals surface area contributed by atoms with Crippen molar-refractivity contribution in [2.45, 2.75) is 0 Å². The summed E-state index contributed by atoms with van der Waals surface area (Å²) in [4.78, 5) is 11.7. The Morgan fingerprint density at radius 1 is 1.25 bits per heavy atom. The summed E-state index contributed by atoms with van der Waals surface area (Å²) in [5, 5.41) is 4.37. The van der Waals surface area contributed by atoms with Crippen LogP contribution in [0.3, 0.4) is 0 Å². The van der Waals surface area contributed by atoms with Gasteiger partial charge in [-0.2, -0.15) is 5.10 Å². The molecule has 0 saturated heterocycles. The van der Waals surface area contributed by atoms with E-state index in [4.69, 9.17) is 11.6 Å². The predicted molar refractivity (Wildman–Crippen MR) is 80.6 cm³/mol. The number of amides is 1. The maximum atomic E-state index is 13.0. The Hall–Kier alpha value is -1.72. The fourth-order valence-electron chi connectivity index (χ4n) is 1.42. The molecule has 102 valence electrons. The van der Waals surface area contributed by atoms with Crippen LogP contribution in [0, 0.1) is 5.82 Å². The van der Waals surface area contributed by atoms with Crippen LogP contribution in [-0.2, 0) is 0 Å². The molecule has 0 fully saturated rings. The lowest BCUT2D eigenvalue weighted by Gasteiger charge is -2.00. The van der Waals surface area contributed by atoms with E-state index in [9.17, 15) is 9.18 Å². The van der Waals surface area contributed by atoms with Gasteiger partial charge in [-0.05, 0) is 57.9 Å². The summed E-state index contributed by atoms with van der Waals surface area (Å²) in [7, 11) is 0. The molecule has 6 heteroatoms. The Labute approximate surface area is 128 Å². The second kappa shape index (κ2) is 6.63. The third kappa shape index (κ3) is 3.88. The highest BCUT2D eigenvalue weighted by molar-refractivity contribution is 9.10. The summed E-state index contributed by atoms with van der Waals surface area (Å²) < 4.78 is 13.4. The minimum absolute atomic E-state index is 0.338. The first kappa shape index (κ1) is 14.7. The second-order valence-electron chi connectivity index (χ2n) is 3.88. The van der Waals surface area contributed by atoms with E-state index in [0.29, 0.717) is 20.6 Å². The Morgan fingerprint density at radius 2 is 1.95 bits per heavy atom. The summed E-state index contributed by atoms with van der Waals surface area (Å²) >= 11 is 8.81. The molecule has 0 atom stereocenters. The van der Waals surface area contributed by atoms with E-state index in [2.05, 4.69) is 26.5 Å². The molecule has 0 bridgehead atoms. The standard InChI is InChI=1S/C14H9BrClFN2O/c15-12-7-9(1-6-13(12)17)8-18-19-14(20)10-2-4-11(16)5-3-10/h1-8H,(H,19,20)/b18-8+. The quantitative estimate of drug-likeness (QED) is 0.656. The van der Waals surface area contributed by atoms with E-state index < -0.39 is 0 Å². The van der Waals surface area contributed by atoms with Gasteiger partial charge in [-0.15, -0.1) is 0 Å². The number of nitrogens with zero attached hydrogens (tertiary/aromatic N) is 1. The van der Waals surface area contributed by atoms with Gasteiger partial charge in [-0.3, -0.25) is 4.79 Å². The number of nitrogens with one attached hydrogen (secondary N) is 1. The molecule has 0 unspecified atom stereocenters. The van der Waals surface area contributed by atoms with Gasteiger partial charge in [0.2, 0.25) is 0 Å². The molecule has 2 aromatic rings. The zero-order valence-corrected chi connectivity index (χ0v) is 12.5. The van der Waals surface area contributed by atoms with Gasteiger partial charge in [0, 0.05) is 10.6 Å². The largest absolute Gasteiger partial charge is 0.271 e. The van der Waals surface area contributed by atoms with Gasteiger partial charge in [0.1, 0.15) is 5.82 Å². The average molecular weight is 356 g/mol. The van der Waals surface area contributed by atoms with E-state index in [1.807, 2.05) is 0 Å². The highest BCUT2D eigenvalue weighted by Crippen LogP contribution is 2.15. The van der Waals surface area contributed by atoms with Crippen molar-refractivity contribution in [2.24, 2.45) is 5.10 Å². The van der Waals surface area contributed by atoms with Crippen molar-refractivity contribution in [3.8, 4) is 0 Å². The zero-order chi connectivity index (χ0) is 14.5. The van der Waals surface area contributed by atoms with Crippen molar-refractivity contribution in [3.63, 3.8) is 0 Å². The lowest BCUT2D eigenvalue weighted by Crippen LogP contribution is -2.17. The molecule has 1 N–H and O–H groups in total. The maximum Gasteiger partial charge on any atom is 0.271 e. The average Bonchev–Trinajstić information content (AvgIpc) is 2.43. The Balaban J connectivity index is 2.00. The van der Waals surface area contributed by atoms with E-state index >= 15 is 0 Å². The van der Waals surface area contributed by atoms with Crippen LogP contribution >= 0.6 is 27.5 Å². The van der Waals surface area contributed by atoms with Gasteiger partial charge < -0.3 is 0 Å². The predicted octanol–water partition coefficient (Wildman–Crippen LogP) is 4.01. The van der Waals surface area contributed by atoms with E-state index in [-0.39, 0.29) is 11.7 Å². The molecule has 3 nitrogen and oxygen atoms in total. The first-order valence-corrected chi connectivity index (χ1v) is 6.77. The van der Waals surface area contributed by atoms with Crippen LogP contribution in [-0.4, -0.2) is 12.1 Å². The summed E-state index contributed by atoms with van der Waals surface area (Å²) in [6.07, 6.45) is 1.43. The molecular formula is C14H9BrClFN2O. The van der Waals surface area contributed by atoms with Crippen LogP contribution < -0.4 is 5.43 Å². The van der Waals surface area contributed by atoms with Gasteiger partial charge in [0.05, 0.1) is 10.7 Å². The van der Waals surface area contributed by atoms with Crippen molar-refractivity contribution in [1.29, 1.82) is 0 Å². The molecule has 2 aromatic carbocycles. The molecule has 0 aromatic heterocycles. The van der Waals surface area contributed by atoms with Crippen LogP contribution in [0.1, 0.15) is 15.9 Å². The number of carbonyl (C=O) groups excluding carboxylic acids is 1. The van der Waals surface area contributed by atoms with Crippen LogP contribution in [0.5, 0.6) is 0 Å². The van der Waals surface area contributed by atoms with Crippen LogP contribution in [0.4, 0.5) is 4.39 Å². The fraction of sp³-hybridized carbons (Fsp3) is 0. The molecule has 0 saturated carbocycles. The van der Waals surface area contributed by atoms with Crippen molar-refractivity contribution in [1.82, 2.24) is 5.43 Å². The Morgan fingerprint density at radius 3 is 2.60 bits per heavy atom. The molecule has 0 aliphatic rings. The van der Waals surface area contributed by atoms with Crippen molar-refractivity contribution < 1.29 is 9.18 Å². The third-order valence-electron chi connectivity index (χ3n) is 2.43. The first-order valence-electron chi connectivity index (χ1n) is 5.60. The van der Waals surface area contributed by atoms with E-state index in [1.54, 1.807) is 36.4 Å². The van der Waals surface area contributed by atoms with Crippen LogP contribution in [0.2, 0.25) is 5.02 Å². The summed E-state index contributed by atoms with van der Waals surface area (Å²) in [5.74, 6) is -0.702. The fourth-order valence-corrected chi connectivity index (χ4v) is 1.95.